The van der Waals surface area contributed by atoms with Crippen LogP contribution in [0.25, 0.3) is 0 Å². The average Bonchev–Trinajstić information content (AvgIpc) is 3.04. The van der Waals surface area contributed by atoms with Gasteiger partial charge in [-0.05, 0) is 61.5 Å². The molecular weight excluding hydrogens is 406 g/mol. The summed E-state index contributed by atoms with van der Waals surface area (Å²) in [7, 11) is 3.12. The molecule has 6 nitrogen and oxygen atoms in total. The van der Waals surface area contributed by atoms with E-state index in [2.05, 4.69) is 29.2 Å². The Hall–Kier alpha value is -2.86. The van der Waals surface area contributed by atoms with Crippen LogP contribution in [-0.4, -0.2) is 49.6 Å². The van der Waals surface area contributed by atoms with Gasteiger partial charge in [-0.1, -0.05) is 30.3 Å². The molecule has 2 aromatic carbocycles. The SMILES string of the molecule is COc1cc2c(cc1OC)C(=O)C(CC1CCN(Cc3ccccc3)CC1)(OC(C)=O)C2. The second-order valence-electron chi connectivity index (χ2n) is 8.87. The summed E-state index contributed by atoms with van der Waals surface area (Å²) in [6.45, 7) is 4.26. The molecule has 0 saturated carbocycles. The maximum absolute atomic E-state index is 13.5. The molecule has 2 aromatic rings. The first-order chi connectivity index (χ1) is 15.4. The Morgan fingerprint density at radius 2 is 1.72 bits per heavy atom. The lowest BCUT2D eigenvalue weighted by Crippen LogP contribution is -2.44. The van der Waals surface area contributed by atoms with Gasteiger partial charge in [-0.15, -0.1) is 0 Å². The molecule has 1 aliphatic heterocycles. The van der Waals surface area contributed by atoms with E-state index < -0.39 is 11.6 Å². The van der Waals surface area contributed by atoms with Crippen molar-refractivity contribution in [1.82, 2.24) is 4.90 Å². The summed E-state index contributed by atoms with van der Waals surface area (Å²) >= 11 is 0. The Labute approximate surface area is 189 Å². The number of likely N-dealkylation sites (tertiary alicyclic amines) is 1. The Balaban J connectivity index is 1.48. The molecule has 0 N–H and O–H groups in total. The molecule has 0 bridgehead atoms. The highest BCUT2D eigenvalue weighted by Crippen LogP contribution is 2.43. The van der Waals surface area contributed by atoms with Crippen molar-refractivity contribution in [2.24, 2.45) is 5.92 Å². The van der Waals surface area contributed by atoms with Crippen LogP contribution in [-0.2, 0) is 22.5 Å². The molecule has 0 aromatic heterocycles. The van der Waals surface area contributed by atoms with E-state index in [1.165, 1.54) is 12.5 Å². The van der Waals surface area contributed by atoms with Gasteiger partial charge in [0.2, 0.25) is 5.78 Å². The smallest absolute Gasteiger partial charge is 0.303 e. The first-order valence-corrected chi connectivity index (χ1v) is 11.2. The summed E-state index contributed by atoms with van der Waals surface area (Å²) in [5.74, 6) is 0.852. The molecule has 1 aliphatic carbocycles. The molecular formula is C26H31NO5. The molecule has 32 heavy (non-hydrogen) atoms. The van der Waals surface area contributed by atoms with E-state index in [4.69, 9.17) is 14.2 Å². The van der Waals surface area contributed by atoms with Gasteiger partial charge in [-0.2, -0.15) is 0 Å². The molecule has 1 heterocycles. The summed E-state index contributed by atoms with van der Waals surface area (Å²) in [6, 6.07) is 14.0. The number of hydrogen-bond acceptors (Lipinski definition) is 6. The molecule has 0 amide bonds. The number of ketones is 1. The van der Waals surface area contributed by atoms with Crippen LogP contribution < -0.4 is 9.47 Å². The van der Waals surface area contributed by atoms with Crippen molar-refractivity contribution in [3.8, 4) is 11.5 Å². The Bertz CT molecular complexity index is 981. The third-order valence-corrected chi connectivity index (χ3v) is 6.66. The zero-order valence-electron chi connectivity index (χ0n) is 19.1. The Morgan fingerprint density at radius 1 is 1.06 bits per heavy atom. The zero-order chi connectivity index (χ0) is 22.7. The number of carbonyl (C=O) groups is 2. The predicted molar refractivity (Wildman–Crippen MR) is 121 cm³/mol. The van der Waals surface area contributed by atoms with Crippen LogP contribution in [0.3, 0.4) is 0 Å². The summed E-state index contributed by atoms with van der Waals surface area (Å²) in [4.78, 5) is 28.0. The third kappa shape index (κ3) is 4.51. The van der Waals surface area contributed by atoms with Gasteiger partial charge in [-0.25, -0.2) is 0 Å². The van der Waals surface area contributed by atoms with E-state index in [1.807, 2.05) is 12.1 Å². The lowest BCUT2D eigenvalue weighted by molar-refractivity contribution is -0.153. The number of fused-ring (bicyclic) bond motifs is 1. The third-order valence-electron chi connectivity index (χ3n) is 6.66. The highest BCUT2D eigenvalue weighted by atomic mass is 16.6. The second kappa shape index (κ2) is 9.33. The monoisotopic (exact) mass is 437 g/mol. The van der Waals surface area contributed by atoms with Gasteiger partial charge in [0.05, 0.1) is 14.2 Å². The number of nitrogens with zero attached hydrogens (tertiary/aromatic N) is 1. The number of Topliss-reactive ketones (excluding diaryl/α,β-unsaturated/α-hetero) is 1. The van der Waals surface area contributed by atoms with E-state index in [9.17, 15) is 9.59 Å². The van der Waals surface area contributed by atoms with Crippen molar-refractivity contribution in [2.75, 3.05) is 27.3 Å². The lowest BCUT2D eigenvalue weighted by Gasteiger charge is -2.36. The van der Waals surface area contributed by atoms with Crippen molar-refractivity contribution in [1.29, 1.82) is 0 Å². The number of ether oxygens (including phenoxy) is 3. The number of hydrogen-bond donors (Lipinski definition) is 0. The van der Waals surface area contributed by atoms with Crippen LogP contribution in [0.1, 0.15) is 47.7 Å². The zero-order valence-corrected chi connectivity index (χ0v) is 19.1. The molecule has 4 rings (SSSR count). The molecule has 6 heteroatoms. The molecule has 1 fully saturated rings. The summed E-state index contributed by atoms with van der Waals surface area (Å²) in [6.07, 6.45) is 2.88. The number of piperidine rings is 1. The molecule has 2 aliphatic rings. The normalized spacial score (nSPS) is 21.3. The van der Waals surface area contributed by atoms with Gasteiger partial charge in [0.25, 0.3) is 0 Å². The molecule has 1 saturated heterocycles. The first-order valence-electron chi connectivity index (χ1n) is 11.2. The van der Waals surface area contributed by atoms with Gasteiger partial charge in [0.15, 0.2) is 17.1 Å². The molecule has 0 spiro atoms. The fraction of sp³-hybridized carbons (Fsp3) is 0.462. The Morgan fingerprint density at radius 3 is 2.34 bits per heavy atom. The van der Waals surface area contributed by atoms with Crippen molar-refractivity contribution in [3.63, 3.8) is 0 Å². The molecule has 1 atom stereocenters. The number of carbonyl (C=O) groups excluding carboxylic acids is 2. The topological polar surface area (TPSA) is 65.1 Å². The van der Waals surface area contributed by atoms with Gasteiger partial charge < -0.3 is 14.2 Å². The number of methoxy groups -OCH3 is 2. The average molecular weight is 438 g/mol. The fourth-order valence-corrected chi connectivity index (χ4v) is 5.13. The standard InChI is InChI=1S/C26H31NO5/c1-18(28)32-26(16-21-13-23(30-2)24(31-3)14-22(21)25(26)29)15-19-9-11-27(12-10-19)17-20-7-5-4-6-8-20/h4-8,13-14,19H,9-12,15-17H2,1-3H3. The number of rotatable bonds is 7. The van der Waals surface area contributed by atoms with Crippen LogP contribution in [0.2, 0.25) is 0 Å². The van der Waals surface area contributed by atoms with Crippen molar-refractivity contribution in [3.05, 3.63) is 59.2 Å². The minimum Gasteiger partial charge on any atom is -0.493 e. The minimum absolute atomic E-state index is 0.129. The predicted octanol–water partition coefficient (Wildman–Crippen LogP) is 4.05. The second-order valence-corrected chi connectivity index (χ2v) is 8.87. The van der Waals surface area contributed by atoms with Gasteiger partial charge >= 0.3 is 5.97 Å². The maximum atomic E-state index is 13.5. The van der Waals surface area contributed by atoms with E-state index in [-0.39, 0.29) is 5.78 Å². The summed E-state index contributed by atoms with van der Waals surface area (Å²) < 4.78 is 16.6. The summed E-state index contributed by atoms with van der Waals surface area (Å²) in [5.41, 5.74) is 1.57. The van der Waals surface area contributed by atoms with Crippen LogP contribution in [0.4, 0.5) is 0 Å². The lowest BCUT2D eigenvalue weighted by atomic mass is 9.82. The highest BCUT2D eigenvalue weighted by Gasteiger charge is 2.50. The van der Waals surface area contributed by atoms with Crippen molar-refractivity contribution < 1.29 is 23.8 Å². The van der Waals surface area contributed by atoms with Crippen LogP contribution in [0, 0.1) is 5.92 Å². The number of benzene rings is 2. The van der Waals surface area contributed by atoms with E-state index in [1.54, 1.807) is 20.3 Å². The van der Waals surface area contributed by atoms with Crippen molar-refractivity contribution >= 4 is 11.8 Å². The van der Waals surface area contributed by atoms with E-state index >= 15 is 0 Å². The van der Waals surface area contributed by atoms with Crippen LogP contribution >= 0.6 is 0 Å². The van der Waals surface area contributed by atoms with Crippen LogP contribution in [0.5, 0.6) is 11.5 Å². The minimum atomic E-state index is -1.14. The highest BCUT2D eigenvalue weighted by molar-refractivity contribution is 6.08. The maximum Gasteiger partial charge on any atom is 0.303 e. The number of esters is 1. The molecule has 0 radical (unpaired) electrons. The van der Waals surface area contributed by atoms with Gasteiger partial charge in [0.1, 0.15) is 0 Å². The molecule has 1 unspecified atom stereocenters. The summed E-state index contributed by atoms with van der Waals surface area (Å²) in [5, 5.41) is 0. The van der Waals surface area contributed by atoms with Crippen LogP contribution in [0.15, 0.2) is 42.5 Å². The van der Waals surface area contributed by atoms with Gasteiger partial charge in [-0.3, -0.25) is 14.5 Å². The van der Waals surface area contributed by atoms with Crippen molar-refractivity contribution in [2.45, 2.75) is 44.8 Å². The van der Waals surface area contributed by atoms with Gasteiger partial charge in [0, 0.05) is 25.5 Å². The van der Waals surface area contributed by atoms with E-state index in [0.29, 0.717) is 35.8 Å². The molecule has 170 valence electrons. The first kappa shape index (κ1) is 22.3. The Kier molecular flexibility index (Phi) is 6.51. The quantitative estimate of drug-likeness (QED) is 0.609. The van der Waals surface area contributed by atoms with E-state index in [0.717, 1.165) is 38.0 Å². The largest absolute Gasteiger partial charge is 0.493 e. The fourth-order valence-electron chi connectivity index (χ4n) is 5.13.